The molecule has 5 nitrogen and oxygen atoms in total. The van der Waals surface area contributed by atoms with Crippen molar-refractivity contribution in [1.82, 2.24) is 24.3 Å². The van der Waals surface area contributed by atoms with Crippen molar-refractivity contribution < 1.29 is 0 Å². The average Bonchev–Trinajstić information content (AvgIpc) is 3.34. The van der Waals surface area contributed by atoms with Crippen molar-refractivity contribution in [2.24, 2.45) is 0 Å². The monoisotopic (exact) mass is 389 g/mol. The Morgan fingerprint density at radius 2 is 1.57 bits per heavy atom. The van der Waals surface area contributed by atoms with Crippen molar-refractivity contribution in [2.75, 3.05) is 0 Å². The molecule has 0 aliphatic rings. The van der Waals surface area contributed by atoms with Crippen molar-refractivity contribution in [2.45, 2.75) is 37.3 Å². The van der Waals surface area contributed by atoms with Gasteiger partial charge in [0.1, 0.15) is 11.6 Å². The molecule has 4 aromatic rings. The normalized spacial score (nSPS) is 11.0. The van der Waals surface area contributed by atoms with Gasteiger partial charge in [0.2, 0.25) is 0 Å². The molecule has 0 fully saturated rings. The van der Waals surface area contributed by atoms with Crippen LogP contribution in [0.1, 0.15) is 29.7 Å². The van der Waals surface area contributed by atoms with Crippen molar-refractivity contribution in [3.05, 3.63) is 95.8 Å². The van der Waals surface area contributed by atoms with Crippen LogP contribution in [0.4, 0.5) is 0 Å². The lowest BCUT2D eigenvalue weighted by atomic mass is 10.1. The summed E-state index contributed by atoms with van der Waals surface area (Å²) in [5.41, 5.74) is 2.52. The van der Waals surface area contributed by atoms with Gasteiger partial charge in [0.15, 0.2) is 5.16 Å². The Morgan fingerprint density at radius 3 is 2.29 bits per heavy atom. The molecule has 0 aliphatic heterocycles. The summed E-state index contributed by atoms with van der Waals surface area (Å²) in [6, 6.07) is 20.9. The molecular weight excluding hydrogens is 366 g/mol. The molecule has 0 aliphatic carbocycles. The highest BCUT2D eigenvalue weighted by molar-refractivity contribution is 7.98. The van der Waals surface area contributed by atoms with E-state index in [1.807, 2.05) is 24.5 Å². The van der Waals surface area contributed by atoms with Crippen LogP contribution in [0.25, 0.3) is 0 Å². The van der Waals surface area contributed by atoms with E-state index in [1.54, 1.807) is 11.8 Å². The molecule has 0 N–H and O–H groups in total. The Hall–Kier alpha value is -2.86. The SMILES string of the molecule is CCn1c(Cc2ccccc2)nnc1SCc1nccn1Cc1ccccc1. The van der Waals surface area contributed by atoms with Gasteiger partial charge in [0, 0.05) is 31.9 Å². The summed E-state index contributed by atoms with van der Waals surface area (Å²) in [5, 5.41) is 9.82. The predicted molar refractivity (Wildman–Crippen MR) is 112 cm³/mol. The molecule has 0 saturated carbocycles. The molecule has 0 unspecified atom stereocenters. The fraction of sp³-hybridized carbons (Fsp3) is 0.227. The maximum atomic E-state index is 4.54. The molecule has 2 heterocycles. The zero-order chi connectivity index (χ0) is 19.2. The van der Waals surface area contributed by atoms with Gasteiger partial charge in [0.05, 0.1) is 5.75 Å². The van der Waals surface area contributed by atoms with Gasteiger partial charge in [0.25, 0.3) is 0 Å². The first-order chi connectivity index (χ1) is 13.8. The summed E-state index contributed by atoms with van der Waals surface area (Å²) in [4.78, 5) is 4.54. The van der Waals surface area contributed by atoms with Gasteiger partial charge >= 0.3 is 0 Å². The van der Waals surface area contributed by atoms with Crippen LogP contribution < -0.4 is 0 Å². The molecule has 28 heavy (non-hydrogen) atoms. The number of imidazole rings is 1. The van der Waals surface area contributed by atoms with Crippen LogP contribution in [0.5, 0.6) is 0 Å². The first kappa shape index (κ1) is 18.5. The minimum Gasteiger partial charge on any atom is -0.330 e. The zero-order valence-corrected chi connectivity index (χ0v) is 16.7. The molecule has 0 spiro atoms. The molecule has 4 rings (SSSR count). The van der Waals surface area contributed by atoms with Crippen LogP contribution in [-0.4, -0.2) is 24.3 Å². The van der Waals surface area contributed by atoms with Gasteiger partial charge in [-0.3, -0.25) is 0 Å². The van der Waals surface area contributed by atoms with Crippen molar-refractivity contribution >= 4 is 11.8 Å². The highest BCUT2D eigenvalue weighted by atomic mass is 32.2. The van der Waals surface area contributed by atoms with E-state index in [0.717, 1.165) is 42.1 Å². The number of aromatic nitrogens is 5. The summed E-state index contributed by atoms with van der Waals surface area (Å²) in [6.45, 7) is 3.82. The van der Waals surface area contributed by atoms with E-state index in [4.69, 9.17) is 0 Å². The second-order valence-electron chi connectivity index (χ2n) is 6.55. The molecular formula is C22H23N5S. The Morgan fingerprint density at radius 1 is 0.857 bits per heavy atom. The summed E-state index contributed by atoms with van der Waals surface area (Å²) < 4.78 is 4.39. The summed E-state index contributed by atoms with van der Waals surface area (Å²) in [6.07, 6.45) is 4.70. The molecule has 0 bridgehead atoms. The molecule has 2 aromatic carbocycles. The van der Waals surface area contributed by atoms with Gasteiger partial charge in [-0.25, -0.2) is 4.98 Å². The van der Waals surface area contributed by atoms with Gasteiger partial charge in [-0.2, -0.15) is 0 Å². The Labute approximate surface area is 169 Å². The maximum absolute atomic E-state index is 4.54. The second kappa shape index (κ2) is 8.89. The van der Waals surface area contributed by atoms with Crippen molar-refractivity contribution in [3.8, 4) is 0 Å². The van der Waals surface area contributed by atoms with Gasteiger partial charge in [-0.1, -0.05) is 72.4 Å². The molecule has 142 valence electrons. The third-order valence-corrected chi connectivity index (χ3v) is 5.61. The molecule has 0 saturated heterocycles. The van der Waals surface area contributed by atoms with Crippen molar-refractivity contribution in [3.63, 3.8) is 0 Å². The third kappa shape index (κ3) is 4.34. The lowest BCUT2D eigenvalue weighted by molar-refractivity contribution is 0.650. The van der Waals surface area contributed by atoms with E-state index >= 15 is 0 Å². The summed E-state index contributed by atoms with van der Waals surface area (Å²) >= 11 is 1.69. The number of hydrogen-bond donors (Lipinski definition) is 0. The quantitative estimate of drug-likeness (QED) is 0.418. The lowest BCUT2D eigenvalue weighted by Crippen LogP contribution is -2.06. The maximum Gasteiger partial charge on any atom is 0.191 e. The largest absolute Gasteiger partial charge is 0.330 e. The van der Waals surface area contributed by atoms with Crippen LogP contribution in [-0.2, 0) is 25.3 Å². The van der Waals surface area contributed by atoms with Crippen LogP contribution >= 0.6 is 11.8 Å². The second-order valence-corrected chi connectivity index (χ2v) is 7.49. The average molecular weight is 390 g/mol. The predicted octanol–water partition coefficient (Wildman–Crippen LogP) is 4.43. The molecule has 0 amide bonds. The highest BCUT2D eigenvalue weighted by Crippen LogP contribution is 2.22. The van der Waals surface area contributed by atoms with Crippen LogP contribution in [0.2, 0.25) is 0 Å². The lowest BCUT2D eigenvalue weighted by Gasteiger charge is -2.09. The van der Waals surface area contributed by atoms with E-state index in [2.05, 4.69) is 79.8 Å². The third-order valence-electron chi connectivity index (χ3n) is 4.64. The highest BCUT2D eigenvalue weighted by Gasteiger charge is 2.13. The van der Waals surface area contributed by atoms with Crippen LogP contribution in [0, 0.1) is 0 Å². The molecule has 0 radical (unpaired) electrons. The van der Waals surface area contributed by atoms with Crippen LogP contribution in [0.3, 0.4) is 0 Å². The standard InChI is InChI=1S/C22H23N5S/c1-2-27-20(15-18-9-5-3-6-10-18)24-25-22(27)28-17-21-23-13-14-26(21)16-19-11-7-4-8-12-19/h3-14H,2,15-17H2,1H3. The number of hydrogen-bond acceptors (Lipinski definition) is 4. The fourth-order valence-electron chi connectivity index (χ4n) is 3.19. The first-order valence-electron chi connectivity index (χ1n) is 9.46. The van der Waals surface area contributed by atoms with Crippen molar-refractivity contribution in [1.29, 1.82) is 0 Å². The van der Waals surface area contributed by atoms with E-state index in [9.17, 15) is 0 Å². The summed E-state index contributed by atoms with van der Waals surface area (Å²) in [5.74, 6) is 2.82. The van der Waals surface area contributed by atoms with E-state index in [0.29, 0.717) is 0 Å². The van der Waals surface area contributed by atoms with E-state index < -0.39 is 0 Å². The minimum atomic E-state index is 0.767. The smallest absolute Gasteiger partial charge is 0.191 e. The molecule has 0 atom stereocenters. The number of rotatable bonds is 8. The Kier molecular flexibility index (Phi) is 5.87. The first-order valence-corrected chi connectivity index (χ1v) is 10.4. The van der Waals surface area contributed by atoms with E-state index in [1.165, 1.54) is 11.1 Å². The zero-order valence-electron chi connectivity index (χ0n) is 15.9. The van der Waals surface area contributed by atoms with Crippen LogP contribution in [0.15, 0.2) is 78.2 Å². The Bertz CT molecular complexity index is 1010. The minimum absolute atomic E-state index is 0.767. The number of thioether (sulfide) groups is 1. The van der Waals surface area contributed by atoms with E-state index in [-0.39, 0.29) is 0 Å². The fourth-order valence-corrected chi connectivity index (χ4v) is 4.17. The summed E-state index contributed by atoms with van der Waals surface area (Å²) in [7, 11) is 0. The van der Waals surface area contributed by atoms with Gasteiger partial charge in [-0.05, 0) is 18.1 Å². The molecule has 2 aromatic heterocycles. The van der Waals surface area contributed by atoms with Gasteiger partial charge in [-0.15, -0.1) is 10.2 Å². The Balaban J connectivity index is 1.45. The molecule has 6 heteroatoms. The topological polar surface area (TPSA) is 48.5 Å². The number of nitrogens with zero attached hydrogens (tertiary/aromatic N) is 5. The number of benzene rings is 2. The van der Waals surface area contributed by atoms with Gasteiger partial charge < -0.3 is 9.13 Å².